The molecule has 4 aliphatic rings. The van der Waals surface area contributed by atoms with Gasteiger partial charge in [-0.2, -0.15) is 5.10 Å². The van der Waals surface area contributed by atoms with Crippen molar-refractivity contribution in [1.29, 1.82) is 0 Å². The third kappa shape index (κ3) is 4.79. The molecule has 3 unspecified atom stereocenters. The number of nitrogens with zero attached hydrogens (tertiary/aromatic N) is 4. The zero-order valence-corrected chi connectivity index (χ0v) is 19.6. The summed E-state index contributed by atoms with van der Waals surface area (Å²) in [5, 5.41) is 9.68. The summed E-state index contributed by atoms with van der Waals surface area (Å²) >= 11 is 0. The Kier molecular flexibility index (Phi) is 6.52. The fraction of sp³-hybridized carbons (Fsp3) is 0.462. The summed E-state index contributed by atoms with van der Waals surface area (Å²) in [5.41, 5.74) is 0.608. The summed E-state index contributed by atoms with van der Waals surface area (Å²) in [4.78, 5) is 16.5. The molecule has 0 radical (unpaired) electrons. The van der Waals surface area contributed by atoms with Gasteiger partial charge in [0.1, 0.15) is 11.6 Å². The van der Waals surface area contributed by atoms with Gasteiger partial charge in [-0.1, -0.05) is 30.9 Å². The summed E-state index contributed by atoms with van der Waals surface area (Å²) < 4.78 is 20.1. The summed E-state index contributed by atoms with van der Waals surface area (Å²) in [6.45, 7) is 7.37. The lowest BCUT2D eigenvalue weighted by molar-refractivity contribution is -0.120. The molecular formula is C26H32FN5O2. The van der Waals surface area contributed by atoms with Crippen LogP contribution in [0.2, 0.25) is 0 Å². The molecule has 8 heteroatoms. The number of amidine groups is 1. The van der Waals surface area contributed by atoms with Gasteiger partial charge in [-0.15, -0.1) is 0 Å². The maximum atomic E-state index is 14.0. The molecule has 7 nitrogen and oxygen atoms in total. The standard InChI is InChI=1S/C26H32FN5O2/c1-18(33)28-21(16-32-19(2)30-12-6-5-9-26(30)29-32)15-31-22-10-11-23(31)14-24(13-22)34-17-20-7-3-4-8-25(20)27/h3-9,12,21-24H,2,10-11,13-17H2,1H3,(H,28,33). The van der Waals surface area contributed by atoms with Gasteiger partial charge in [0.15, 0.2) is 5.84 Å². The van der Waals surface area contributed by atoms with E-state index in [4.69, 9.17) is 4.74 Å². The molecule has 0 aromatic heterocycles. The molecule has 5 rings (SSSR count). The van der Waals surface area contributed by atoms with Gasteiger partial charge in [0, 0.05) is 37.3 Å². The third-order valence-corrected chi connectivity index (χ3v) is 7.14. The second kappa shape index (κ2) is 9.72. The number of ether oxygens (including phenoxy) is 1. The molecule has 1 amide bonds. The number of nitrogens with one attached hydrogen (secondary N) is 1. The molecule has 1 aromatic rings. The Bertz CT molecular complexity index is 1020. The van der Waals surface area contributed by atoms with Gasteiger partial charge >= 0.3 is 0 Å². The monoisotopic (exact) mass is 465 g/mol. The topological polar surface area (TPSA) is 60.4 Å². The molecule has 2 bridgehead atoms. The van der Waals surface area contributed by atoms with E-state index in [2.05, 4.69) is 21.9 Å². The van der Waals surface area contributed by atoms with Crippen LogP contribution in [0, 0.1) is 5.82 Å². The van der Waals surface area contributed by atoms with Crippen LogP contribution in [-0.2, 0) is 16.1 Å². The number of halogens is 1. The van der Waals surface area contributed by atoms with Crippen LogP contribution in [0.3, 0.4) is 0 Å². The van der Waals surface area contributed by atoms with Crippen molar-refractivity contribution >= 4 is 11.7 Å². The summed E-state index contributed by atoms with van der Waals surface area (Å²) in [6.07, 6.45) is 12.0. The highest BCUT2D eigenvalue weighted by molar-refractivity contribution is 5.97. The molecule has 0 spiro atoms. The van der Waals surface area contributed by atoms with Crippen molar-refractivity contribution in [2.45, 2.75) is 63.4 Å². The van der Waals surface area contributed by atoms with E-state index in [0.29, 0.717) is 30.8 Å². The number of fused-ring (bicyclic) bond motifs is 3. The van der Waals surface area contributed by atoms with Crippen LogP contribution in [0.1, 0.15) is 38.2 Å². The van der Waals surface area contributed by atoms with E-state index in [1.165, 1.54) is 6.07 Å². The molecular weight excluding hydrogens is 433 g/mol. The second-order valence-corrected chi connectivity index (χ2v) is 9.50. The molecule has 0 aliphatic carbocycles. The van der Waals surface area contributed by atoms with Gasteiger partial charge < -0.3 is 10.1 Å². The molecule has 34 heavy (non-hydrogen) atoms. The second-order valence-electron chi connectivity index (χ2n) is 9.50. The minimum absolute atomic E-state index is 0.0459. The van der Waals surface area contributed by atoms with Gasteiger partial charge in [0.2, 0.25) is 5.91 Å². The van der Waals surface area contributed by atoms with E-state index in [1.54, 1.807) is 19.1 Å². The third-order valence-electron chi connectivity index (χ3n) is 7.14. The predicted molar refractivity (Wildman–Crippen MR) is 129 cm³/mol. The minimum Gasteiger partial charge on any atom is -0.373 e. The number of hydrogen-bond donors (Lipinski definition) is 1. The molecule has 4 aliphatic heterocycles. The number of benzene rings is 1. The number of piperidine rings is 1. The first-order chi connectivity index (χ1) is 16.5. The van der Waals surface area contributed by atoms with Crippen LogP contribution >= 0.6 is 0 Å². The highest BCUT2D eigenvalue weighted by atomic mass is 19.1. The van der Waals surface area contributed by atoms with Crippen molar-refractivity contribution < 1.29 is 13.9 Å². The molecule has 2 fully saturated rings. The first-order valence-corrected chi connectivity index (χ1v) is 12.0. The van der Waals surface area contributed by atoms with Crippen LogP contribution in [0.5, 0.6) is 0 Å². The molecule has 0 saturated carbocycles. The molecule has 1 aromatic carbocycles. The fourth-order valence-electron chi connectivity index (χ4n) is 5.57. The average molecular weight is 466 g/mol. The Balaban J connectivity index is 1.20. The van der Waals surface area contributed by atoms with E-state index in [0.717, 1.165) is 43.9 Å². The van der Waals surface area contributed by atoms with Gasteiger partial charge in [-0.3, -0.25) is 14.6 Å². The van der Waals surface area contributed by atoms with E-state index in [9.17, 15) is 9.18 Å². The van der Waals surface area contributed by atoms with Gasteiger partial charge in [-0.05, 0) is 43.9 Å². The Morgan fingerprint density at radius 1 is 1.24 bits per heavy atom. The fourth-order valence-corrected chi connectivity index (χ4v) is 5.57. The van der Waals surface area contributed by atoms with Crippen LogP contribution in [0.15, 0.2) is 66.2 Å². The van der Waals surface area contributed by atoms with Crippen molar-refractivity contribution in [3.8, 4) is 0 Å². The number of carbonyl (C=O) groups excluding carboxylic acids is 1. The van der Waals surface area contributed by atoms with Crippen molar-refractivity contribution in [2.24, 2.45) is 5.10 Å². The highest BCUT2D eigenvalue weighted by Gasteiger charge is 2.42. The molecule has 4 heterocycles. The van der Waals surface area contributed by atoms with Crippen LogP contribution in [0.4, 0.5) is 4.39 Å². The van der Waals surface area contributed by atoms with Gasteiger partial charge in [-0.25, -0.2) is 9.40 Å². The van der Waals surface area contributed by atoms with Crippen molar-refractivity contribution in [3.63, 3.8) is 0 Å². The maximum Gasteiger partial charge on any atom is 0.217 e. The normalized spacial score (nSPS) is 26.6. The molecule has 180 valence electrons. The average Bonchev–Trinajstić information content (AvgIpc) is 3.24. The Morgan fingerprint density at radius 3 is 2.71 bits per heavy atom. The lowest BCUT2D eigenvalue weighted by Crippen LogP contribution is -2.54. The Labute approximate surface area is 200 Å². The van der Waals surface area contributed by atoms with Gasteiger partial charge in [0.25, 0.3) is 0 Å². The van der Waals surface area contributed by atoms with Crippen LogP contribution in [-0.4, -0.2) is 63.9 Å². The lowest BCUT2D eigenvalue weighted by Gasteiger charge is -2.41. The predicted octanol–water partition coefficient (Wildman–Crippen LogP) is 3.33. The van der Waals surface area contributed by atoms with E-state index < -0.39 is 0 Å². The SMILES string of the molecule is C=C1N(CC(CN2C3CCC2CC(OCc2ccccc2F)C3)NC(C)=O)N=C2C=CC=CN12. The number of amides is 1. The largest absolute Gasteiger partial charge is 0.373 e. The lowest BCUT2D eigenvalue weighted by atomic mass is 9.98. The van der Waals surface area contributed by atoms with E-state index in [-0.39, 0.29) is 23.9 Å². The quantitative estimate of drug-likeness (QED) is 0.638. The minimum atomic E-state index is -0.213. The number of carbonyl (C=O) groups is 1. The summed E-state index contributed by atoms with van der Waals surface area (Å²) in [5.74, 6) is 1.36. The van der Waals surface area contributed by atoms with Crippen molar-refractivity contribution in [3.05, 3.63) is 72.5 Å². The zero-order chi connectivity index (χ0) is 23.7. The number of allylic oxidation sites excluding steroid dienone is 2. The van der Waals surface area contributed by atoms with Gasteiger partial charge in [0.05, 0.1) is 25.3 Å². The zero-order valence-electron chi connectivity index (χ0n) is 19.6. The summed E-state index contributed by atoms with van der Waals surface area (Å²) in [7, 11) is 0. The van der Waals surface area contributed by atoms with Crippen molar-refractivity contribution in [2.75, 3.05) is 13.1 Å². The molecule has 3 atom stereocenters. The Morgan fingerprint density at radius 2 is 2.00 bits per heavy atom. The Hall–Kier alpha value is -2.97. The molecule has 1 N–H and O–H groups in total. The van der Waals surface area contributed by atoms with E-state index >= 15 is 0 Å². The smallest absolute Gasteiger partial charge is 0.217 e. The molecule has 2 saturated heterocycles. The first-order valence-electron chi connectivity index (χ1n) is 12.0. The number of hydrogen-bond acceptors (Lipinski definition) is 6. The van der Waals surface area contributed by atoms with Crippen LogP contribution < -0.4 is 5.32 Å². The van der Waals surface area contributed by atoms with Crippen molar-refractivity contribution in [1.82, 2.24) is 20.1 Å². The number of hydrazone groups is 1. The maximum absolute atomic E-state index is 14.0. The summed E-state index contributed by atoms with van der Waals surface area (Å²) in [6, 6.07) is 7.54. The number of rotatable bonds is 8. The van der Waals surface area contributed by atoms with Crippen LogP contribution in [0.25, 0.3) is 0 Å². The van der Waals surface area contributed by atoms with E-state index in [1.807, 2.05) is 40.4 Å². The highest BCUT2D eigenvalue weighted by Crippen LogP contribution is 2.37. The first kappa shape index (κ1) is 22.8.